The third kappa shape index (κ3) is 8.04. The molecule has 0 aliphatic heterocycles. The number of hydrogen-bond donors (Lipinski definition) is 1. The molecule has 0 aliphatic carbocycles. The van der Waals surface area contributed by atoms with Crippen molar-refractivity contribution in [2.24, 2.45) is 0 Å². The molecule has 0 amide bonds. The van der Waals surface area contributed by atoms with Gasteiger partial charge in [0.15, 0.2) is 0 Å². The van der Waals surface area contributed by atoms with E-state index >= 15 is 0 Å². The predicted octanol–water partition coefficient (Wildman–Crippen LogP) is 3.51. The van der Waals surface area contributed by atoms with Crippen LogP contribution in [0.5, 0.6) is 0 Å². The van der Waals surface area contributed by atoms with Crippen molar-refractivity contribution in [3.8, 4) is 0 Å². The van der Waals surface area contributed by atoms with Gasteiger partial charge in [0.05, 0.1) is 0 Å². The lowest BCUT2D eigenvalue weighted by Gasteiger charge is -2.21. The second-order valence-corrected chi connectivity index (χ2v) is 4.32. The summed E-state index contributed by atoms with van der Waals surface area (Å²) in [5.41, 5.74) is 1.29. The first-order chi connectivity index (χ1) is 6.06. The van der Waals surface area contributed by atoms with Gasteiger partial charge in [0.1, 0.15) is 0 Å². The molecule has 1 atom stereocenters. The largest absolute Gasteiger partial charge is 0.311 e. The van der Waals surface area contributed by atoms with Gasteiger partial charge in [0, 0.05) is 12.1 Å². The van der Waals surface area contributed by atoms with E-state index in [1.54, 1.807) is 0 Å². The monoisotopic (exact) mass is 183 g/mol. The SMILES string of the molecule is C=C(C)CC(CCCC)NC(C)C. The topological polar surface area (TPSA) is 12.0 Å². The van der Waals surface area contributed by atoms with E-state index in [4.69, 9.17) is 0 Å². The summed E-state index contributed by atoms with van der Waals surface area (Å²) in [6.45, 7) is 12.7. The van der Waals surface area contributed by atoms with Crippen LogP contribution in [0, 0.1) is 0 Å². The number of hydrogen-bond acceptors (Lipinski definition) is 1. The third-order valence-corrected chi connectivity index (χ3v) is 2.07. The van der Waals surface area contributed by atoms with Crippen molar-refractivity contribution in [2.45, 2.75) is 65.5 Å². The Morgan fingerprint density at radius 1 is 1.38 bits per heavy atom. The fourth-order valence-electron chi connectivity index (χ4n) is 1.59. The van der Waals surface area contributed by atoms with E-state index in [1.165, 1.54) is 24.8 Å². The number of nitrogens with one attached hydrogen (secondary N) is 1. The van der Waals surface area contributed by atoms with Gasteiger partial charge in [0.2, 0.25) is 0 Å². The first-order valence-electron chi connectivity index (χ1n) is 5.46. The maximum atomic E-state index is 3.97. The zero-order valence-electron chi connectivity index (χ0n) is 9.69. The summed E-state index contributed by atoms with van der Waals surface area (Å²) in [5.74, 6) is 0. The van der Waals surface area contributed by atoms with E-state index in [0.29, 0.717) is 12.1 Å². The highest BCUT2D eigenvalue weighted by molar-refractivity contribution is 4.93. The molecule has 13 heavy (non-hydrogen) atoms. The van der Waals surface area contributed by atoms with Gasteiger partial charge in [-0.05, 0) is 19.8 Å². The van der Waals surface area contributed by atoms with Crippen LogP contribution in [0.2, 0.25) is 0 Å². The Hall–Kier alpha value is -0.300. The summed E-state index contributed by atoms with van der Waals surface area (Å²) in [5, 5.41) is 3.59. The van der Waals surface area contributed by atoms with Crippen molar-refractivity contribution in [1.82, 2.24) is 5.32 Å². The van der Waals surface area contributed by atoms with E-state index in [2.05, 4.69) is 39.6 Å². The molecule has 0 aromatic rings. The zero-order valence-corrected chi connectivity index (χ0v) is 9.69. The van der Waals surface area contributed by atoms with Crippen LogP contribution in [-0.4, -0.2) is 12.1 Å². The van der Waals surface area contributed by atoms with Gasteiger partial charge in [-0.15, -0.1) is 6.58 Å². The van der Waals surface area contributed by atoms with Gasteiger partial charge < -0.3 is 5.32 Å². The molecule has 78 valence electrons. The lowest BCUT2D eigenvalue weighted by atomic mass is 10.0. The Balaban J connectivity index is 3.80. The van der Waals surface area contributed by atoms with Gasteiger partial charge in [0.25, 0.3) is 0 Å². The first kappa shape index (κ1) is 12.7. The Morgan fingerprint density at radius 2 is 2.00 bits per heavy atom. The van der Waals surface area contributed by atoms with Crippen LogP contribution in [0.3, 0.4) is 0 Å². The highest BCUT2D eigenvalue weighted by atomic mass is 14.9. The second-order valence-electron chi connectivity index (χ2n) is 4.32. The third-order valence-electron chi connectivity index (χ3n) is 2.07. The molecule has 1 heteroatoms. The fourth-order valence-corrected chi connectivity index (χ4v) is 1.59. The van der Waals surface area contributed by atoms with Crippen molar-refractivity contribution >= 4 is 0 Å². The maximum absolute atomic E-state index is 3.97. The molecule has 0 fully saturated rings. The van der Waals surface area contributed by atoms with Crippen LogP contribution in [0.15, 0.2) is 12.2 Å². The zero-order chi connectivity index (χ0) is 10.3. The fraction of sp³-hybridized carbons (Fsp3) is 0.833. The standard InChI is InChI=1S/C12H25N/c1-6-7-8-12(9-10(2)3)13-11(4)5/h11-13H,2,6-9H2,1,3-5H3. The van der Waals surface area contributed by atoms with Crippen molar-refractivity contribution in [2.75, 3.05) is 0 Å². The summed E-state index contributed by atoms with van der Waals surface area (Å²) in [6, 6.07) is 1.22. The molecule has 0 radical (unpaired) electrons. The first-order valence-corrected chi connectivity index (χ1v) is 5.46. The minimum Gasteiger partial charge on any atom is -0.311 e. The summed E-state index contributed by atoms with van der Waals surface area (Å²) in [6.07, 6.45) is 5.00. The molecule has 0 rings (SSSR count). The van der Waals surface area contributed by atoms with Gasteiger partial charge in [-0.2, -0.15) is 0 Å². The quantitative estimate of drug-likeness (QED) is 0.596. The minimum atomic E-state index is 0.584. The van der Waals surface area contributed by atoms with Crippen molar-refractivity contribution in [3.63, 3.8) is 0 Å². The Labute approximate surface area is 83.6 Å². The Morgan fingerprint density at radius 3 is 2.38 bits per heavy atom. The normalized spacial score (nSPS) is 13.3. The maximum Gasteiger partial charge on any atom is 0.0106 e. The van der Waals surface area contributed by atoms with Crippen molar-refractivity contribution < 1.29 is 0 Å². The van der Waals surface area contributed by atoms with Gasteiger partial charge >= 0.3 is 0 Å². The molecule has 0 aliphatic rings. The van der Waals surface area contributed by atoms with Crippen LogP contribution in [0.25, 0.3) is 0 Å². The molecule has 1 nitrogen and oxygen atoms in total. The molecule has 1 N–H and O–H groups in total. The molecule has 0 aromatic carbocycles. The average molecular weight is 183 g/mol. The van der Waals surface area contributed by atoms with Gasteiger partial charge in [-0.1, -0.05) is 39.2 Å². The number of unbranched alkanes of at least 4 members (excludes halogenated alkanes) is 1. The molecular formula is C12H25N. The van der Waals surface area contributed by atoms with Crippen molar-refractivity contribution in [3.05, 3.63) is 12.2 Å². The molecule has 1 unspecified atom stereocenters. The van der Waals surface area contributed by atoms with E-state index in [0.717, 1.165) is 6.42 Å². The Bertz CT molecular complexity index is 138. The summed E-state index contributed by atoms with van der Waals surface area (Å²) >= 11 is 0. The van der Waals surface area contributed by atoms with E-state index in [9.17, 15) is 0 Å². The van der Waals surface area contributed by atoms with Crippen LogP contribution in [-0.2, 0) is 0 Å². The molecule has 0 aromatic heterocycles. The molecular weight excluding hydrogens is 158 g/mol. The summed E-state index contributed by atoms with van der Waals surface area (Å²) in [7, 11) is 0. The minimum absolute atomic E-state index is 0.584. The molecule has 0 saturated heterocycles. The smallest absolute Gasteiger partial charge is 0.0106 e. The van der Waals surface area contributed by atoms with Crippen LogP contribution < -0.4 is 5.32 Å². The van der Waals surface area contributed by atoms with Gasteiger partial charge in [-0.25, -0.2) is 0 Å². The van der Waals surface area contributed by atoms with Gasteiger partial charge in [-0.3, -0.25) is 0 Å². The second kappa shape index (κ2) is 7.14. The number of rotatable bonds is 7. The van der Waals surface area contributed by atoms with Crippen molar-refractivity contribution in [1.29, 1.82) is 0 Å². The summed E-state index contributed by atoms with van der Waals surface area (Å²) in [4.78, 5) is 0. The van der Waals surface area contributed by atoms with Crippen LogP contribution in [0.1, 0.15) is 53.4 Å². The molecule has 0 bridgehead atoms. The predicted molar refractivity (Wildman–Crippen MR) is 61.0 cm³/mol. The van der Waals surface area contributed by atoms with Crippen LogP contribution in [0.4, 0.5) is 0 Å². The molecule has 0 spiro atoms. The summed E-state index contributed by atoms with van der Waals surface area (Å²) < 4.78 is 0. The Kier molecular flexibility index (Phi) is 6.97. The molecule has 0 saturated carbocycles. The molecule has 0 heterocycles. The van der Waals surface area contributed by atoms with E-state index in [-0.39, 0.29) is 0 Å². The lowest BCUT2D eigenvalue weighted by molar-refractivity contribution is 0.424. The van der Waals surface area contributed by atoms with E-state index in [1.807, 2.05) is 0 Å². The highest BCUT2D eigenvalue weighted by Crippen LogP contribution is 2.10. The lowest BCUT2D eigenvalue weighted by Crippen LogP contribution is -2.34. The van der Waals surface area contributed by atoms with Crippen LogP contribution >= 0.6 is 0 Å². The highest BCUT2D eigenvalue weighted by Gasteiger charge is 2.08. The van der Waals surface area contributed by atoms with E-state index < -0.39 is 0 Å². The average Bonchev–Trinajstić information content (AvgIpc) is 1.98.